The second kappa shape index (κ2) is 9.63. The predicted molar refractivity (Wildman–Crippen MR) is 117 cm³/mol. The van der Waals surface area contributed by atoms with Gasteiger partial charge in [-0.1, -0.05) is 0 Å². The lowest BCUT2D eigenvalue weighted by atomic mass is 10.2. The van der Waals surface area contributed by atoms with Crippen LogP contribution in [0.25, 0.3) is 22.8 Å². The van der Waals surface area contributed by atoms with Crippen molar-refractivity contribution in [2.45, 2.75) is 31.7 Å². The standard InChI is InChI=1S/C20H24FN9O3/c1-10(26-20(31)32-2)7-25-19-23-6-5-12(28-19)14-15(30-17(29-14)11-3-4-11)13-8-24-16(22)18(27-13)33-9-21/h5-6,8,10-11H,3-4,7,9H2,1-2H3,(H2,22,24)(H,26,31)(H,29,30)(H,23,25,28)/t10-/m0/s1. The highest BCUT2D eigenvalue weighted by atomic mass is 19.1. The van der Waals surface area contributed by atoms with Gasteiger partial charge in [-0.15, -0.1) is 0 Å². The van der Waals surface area contributed by atoms with Crippen molar-refractivity contribution in [2.24, 2.45) is 0 Å². The Balaban J connectivity index is 1.62. The van der Waals surface area contributed by atoms with Crippen molar-refractivity contribution in [1.82, 2.24) is 35.2 Å². The molecule has 3 heterocycles. The molecule has 0 spiro atoms. The van der Waals surface area contributed by atoms with Gasteiger partial charge < -0.3 is 30.8 Å². The van der Waals surface area contributed by atoms with Crippen molar-refractivity contribution in [3.63, 3.8) is 0 Å². The van der Waals surface area contributed by atoms with Gasteiger partial charge in [0.05, 0.1) is 24.7 Å². The highest BCUT2D eigenvalue weighted by Gasteiger charge is 2.29. The van der Waals surface area contributed by atoms with Gasteiger partial charge >= 0.3 is 6.09 Å². The lowest BCUT2D eigenvalue weighted by molar-refractivity contribution is 0.168. The number of hydrogen-bond donors (Lipinski definition) is 4. The Morgan fingerprint density at radius 1 is 1.30 bits per heavy atom. The maximum Gasteiger partial charge on any atom is 0.407 e. The van der Waals surface area contributed by atoms with Crippen LogP contribution >= 0.6 is 0 Å². The van der Waals surface area contributed by atoms with E-state index in [-0.39, 0.29) is 17.7 Å². The molecule has 3 aromatic heterocycles. The summed E-state index contributed by atoms with van der Waals surface area (Å²) in [5.74, 6) is 1.40. The van der Waals surface area contributed by atoms with Crippen LogP contribution in [-0.2, 0) is 4.74 Å². The molecule has 1 aliphatic carbocycles. The number of rotatable bonds is 9. The third kappa shape index (κ3) is 5.25. The van der Waals surface area contributed by atoms with Gasteiger partial charge in [-0.3, -0.25) is 0 Å². The minimum absolute atomic E-state index is 0.0147. The Hall–Kier alpha value is -4.03. The van der Waals surface area contributed by atoms with Gasteiger partial charge in [-0.25, -0.2) is 34.1 Å². The maximum atomic E-state index is 12.7. The molecular formula is C20H24FN9O3. The number of aromatic nitrogens is 6. The van der Waals surface area contributed by atoms with E-state index in [9.17, 15) is 9.18 Å². The number of nitrogens with two attached hydrogens (primary N) is 1. The number of carbonyl (C=O) groups is 1. The van der Waals surface area contributed by atoms with Crippen molar-refractivity contribution in [1.29, 1.82) is 0 Å². The van der Waals surface area contributed by atoms with Gasteiger partial charge in [0.1, 0.15) is 17.2 Å². The molecule has 1 atom stereocenters. The minimum Gasteiger partial charge on any atom is -0.453 e. The van der Waals surface area contributed by atoms with Gasteiger partial charge in [0.2, 0.25) is 12.8 Å². The monoisotopic (exact) mass is 457 g/mol. The number of carbonyl (C=O) groups excluding carboxylic acids is 1. The third-order valence-corrected chi connectivity index (χ3v) is 4.91. The maximum absolute atomic E-state index is 12.7. The molecule has 13 heteroatoms. The van der Waals surface area contributed by atoms with Crippen LogP contribution in [0.15, 0.2) is 18.5 Å². The van der Waals surface area contributed by atoms with E-state index >= 15 is 0 Å². The topological polar surface area (TPSA) is 166 Å². The number of H-pyrrole nitrogens is 1. The first-order valence-electron chi connectivity index (χ1n) is 10.3. The van der Waals surface area contributed by atoms with Gasteiger partial charge in [0.15, 0.2) is 5.82 Å². The van der Waals surface area contributed by atoms with E-state index in [1.54, 1.807) is 12.3 Å². The van der Waals surface area contributed by atoms with Gasteiger partial charge in [-0.05, 0) is 25.8 Å². The Morgan fingerprint density at radius 2 is 2.12 bits per heavy atom. The Bertz CT molecular complexity index is 1140. The molecule has 1 amide bonds. The number of alkyl carbamates (subject to hydrolysis) is 1. The van der Waals surface area contributed by atoms with Gasteiger partial charge in [0.25, 0.3) is 5.88 Å². The molecule has 0 aromatic carbocycles. The molecule has 3 aromatic rings. The van der Waals surface area contributed by atoms with Gasteiger partial charge in [0, 0.05) is 24.7 Å². The summed E-state index contributed by atoms with van der Waals surface area (Å²) in [5, 5.41) is 5.75. The van der Waals surface area contributed by atoms with Crippen LogP contribution in [0.5, 0.6) is 5.88 Å². The summed E-state index contributed by atoms with van der Waals surface area (Å²) >= 11 is 0. The molecule has 1 saturated carbocycles. The van der Waals surface area contributed by atoms with Crippen molar-refractivity contribution < 1.29 is 18.7 Å². The van der Waals surface area contributed by atoms with E-state index in [0.717, 1.165) is 18.7 Å². The Morgan fingerprint density at radius 3 is 2.85 bits per heavy atom. The highest BCUT2D eigenvalue weighted by Crippen LogP contribution is 2.41. The number of imidazole rings is 1. The fourth-order valence-electron chi connectivity index (χ4n) is 3.10. The minimum atomic E-state index is -1.08. The van der Waals surface area contributed by atoms with Crippen LogP contribution in [0.1, 0.15) is 31.5 Å². The zero-order valence-electron chi connectivity index (χ0n) is 18.1. The summed E-state index contributed by atoms with van der Waals surface area (Å²) in [6.07, 6.45) is 4.62. The first-order valence-corrected chi connectivity index (χ1v) is 10.3. The zero-order valence-corrected chi connectivity index (χ0v) is 18.1. The number of ether oxygens (including phenoxy) is 2. The van der Waals surface area contributed by atoms with Crippen molar-refractivity contribution >= 4 is 17.9 Å². The molecule has 12 nitrogen and oxygen atoms in total. The molecule has 1 aliphatic rings. The molecule has 0 radical (unpaired) electrons. The van der Waals surface area contributed by atoms with Crippen molar-refractivity contribution in [3.8, 4) is 28.7 Å². The molecule has 5 N–H and O–H groups in total. The van der Waals surface area contributed by atoms with Crippen LogP contribution in [0.3, 0.4) is 0 Å². The van der Waals surface area contributed by atoms with Crippen molar-refractivity contribution in [2.75, 3.05) is 31.6 Å². The van der Waals surface area contributed by atoms with E-state index in [2.05, 4.69) is 40.3 Å². The summed E-state index contributed by atoms with van der Waals surface area (Å²) in [6, 6.07) is 1.52. The summed E-state index contributed by atoms with van der Waals surface area (Å²) in [7, 11) is 1.30. The molecule has 0 aliphatic heterocycles. The largest absolute Gasteiger partial charge is 0.453 e. The molecule has 1 fully saturated rings. The SMILES string of the molecule is COC(=O)N[C@@H](C)CNc1nccc(-c2[nH]c(C3CC3)nc2-c2cnc(N)c(OCF)n2)n1. The van der Waals surface area contributed by atoms with E-state index in [1.807, 2.05) is 6.92 Å². The normalized spacial score (nSPS) is 13.9. The molecule has 33 heavy (non-hydrogen) atoms. The molecule has 174 valence electrons. The first kappa shape index (κ1) is 22.2. The molecule has 0 saturated heterocycles. The number of nitrogen functional groups attached to an aromatic ring is 1. The fraction of sp³-hybridized carbons (Fsp3) is 0.400. The number of anilines is 2. The van der Waals surface area contributed by atoms with Crippen LogP contribution in [-0.4, -0.2) is 62.6 Å². The zero-order chi connectivity index (χ0) is 23.4. The lowest BCUT2D eigenvalue weighted by Crippen LogP contribution is -2.37. The van der Waals surface area contributed by atoms with E-state index < -0.39 is 13.0 Å². The summed E-state index contributed by atoms with van der Waals surface area (Å²) < 4.78 is 22.1. The summed E-state index contributed by atoms with van der Waals surface area (Å²) in [5.41, 5.74) is 7.79. The van der Waals surface area contributed by atoms with E-state index in [1.165, 1.54) is 13.3 Å². The number of alkyl halides is 1. The average Bonchev–Trinajstić information content (AvgIpc) is 3.58. The number of methoxy groups -OCH3 is 1. The second-order valence-corrected chi connectivity index (χ2v) is 7.50. The fourth-order valence-corrected chi connectivity index (χ4v) is 3.10. The number of halogens is 1. The van der Waals surface area contributed by atoms with E-state index in [0.29, 0.717) is 41.2 Å². The molecule has 0 unspecified atom stereocenters. The van der Waals surface area contributed by atoms with Crippen LogP contribution in [0, 0.1) is 0 Å². The average molecular weight is 457 g/mol. The quantitative estimate of drug-likeness (QED) is 0.374. The third-order valence-electron chi connectivity index (χ3n) is 4.91. The molecule has 4 rings (SSSR count). The summed E-state index contributed by atoms with van der Waals surface area (Å²) in [4.78, 5) is 36.5. The van der Waals surface area contributed by atoms with Crippen molar-refractivity contribution in [3.05, 3.63) is 24.3 Å². The summed E-state index contributed by atoms with van der Waals surface area (Å²) in [6.45, 7) is 1.13. The molecule has 0 bridgehead atoms. The van der Waals surface area contributed by atoms with E-state index in [4.69, 9.17) is 15.5 Å². The number of nitrogens with zero attached hydrogens (tertiary/aromatic N) is 5. The first-order chi connectivity index (χ1) is 16.0. The van der Waals surface area contributed by atoms with Crippen LogP contribution < -0.4 is 21.1 Å². The number of nitrogens with one attached hydrogen (secondary N) is 3. The smallest absolute Gasteiger partial charge is 0.407 e. The number of aromatic amines is 1. The predicted octanol–water partition coefficient (Wildman–Crippen LogP) is 2.25. The Labute approximate surface area is 188 Å². The highest BCUT2D eigenvalue weighted by molar-refractivity contribution is 5.75. The second-order valence-electron chi connectivity index (χ2n) is 7.50. The number of amides is 1. The number of hydrogen-bond acceptors (Lipinski definition) is 10. The van der Waals surface area contributed by atoms with Gasteiger partial charge in [-0.2, -0.15) is 0 Å². The van der Waals surface area contributed by atoms with Crippen LogP contribution in [0.4, 0.5) is 21.0 Å². The van der Waals surface area contributed by atoms with Crippen LogP contribution in [0.2, 0.25) is 0 Å². The molecular weight excluding hydrogens is 433 g/mol. The lowest BCUT2D eigenvalue weighted by Gasteiger charge is -2.14. The Kier molecular flexibility index (Phi) is 6.47.